The van der Waals surface area contributed by atoms with Gasteiger partial charge in [0.2, 0.25) is 0 Å². The first-order valence-corrected chi connectivity index (χ1v) is 5.82. The molecule has 0 unspecified atom stereocenters. The van der Waals surface area contributed by atoms with Crippen LogP contribution in [-0.2, 0) is 9.59 Å². The Balaban J connectivity index is 2.55. The monoisotopic (exact) mass is 250 g/mol. The molecule has 5 heteroatoms. The third kappa shape index (κ3) is 4.08. The van der Waals surface area contributed by atoms with Crippen molar-refractivity contribution < 1.29 is 14.3 Å². The largest absolute Gasteiger partial charge is 0.497 e. The summed E-state index contributed by atoms with van der Waals surface area (Å²) in [5, 5.41) is 5.11. The summed E-state index contributed by atoms with van der Waals surface area (Å²) in [5.41, 5.74) is 0.556. The summed E-state index contributed by atoms with van der Waals surface area (Å²) in [6.45, 7) is 3.78. The van der Waals surface area contributed by atoms with Gasteiger partial charge in [0.25, 0.3) is 0 Å². The standard InChI is InChI=1S/C13H18N2O3/c1-4-9(2)14-12(16)13(17)15-10-5-7-11(18-3)8-6-10/h5-9H,4H2,1-3H3,(H,14,16)(H,15,17)/t9-/m0/s1. The fourth-order valence-corrected chi connectivity index (χ4v) is 1.25. The Hall–Kier alpha value is -2.04. The van der Waals surface area contributed by atoms with Crippen molar-refractivity contribution >= 4 is 17.5 Å². The van der Waals surface area contributed by atoms with Gasteiger partial charge in [0, 0.05) is 11.7 Å². The molecule has 18 heavy (non-hydrogen) atoms. The second-order valence-electron chi connectivity index (χ2n) is 3.97. The third-order valence-corrected chi connectivity index (χ3v) is 2.54. The van der Waals surface area contributed by atoms with Gasteiger partial charge in [0.1, 0.15) is 5.75 Å². The number of hydrogen-bond donors (Lipinski definition) is 2. The summed E-state index contributed by atoms with van der Waals surface area (Å²) in [4.78, 5) is 23.1. The Bertz CT molecular complexity index is 415. The van der Waals surface area contributed by atoms with Gasteiger partial charge in [-0.05, 0) is 37.6 Å². The quantitative estimate of drug-likeness (QED) is 0.797. The number of amides is 2. The van der Waals surface area contributed by atoms with Crippen LogP contribution < -0.4 is 15.4 Å². The Labute approximate surface area is 107 Å². The molecule has 0 aliphatic carbocycles. The van der Waals surface area contributed by atoms with E-state index < -0.39 is 11.8 Å². The van der Waals surface area contributed by atoms with Crippen LogP contribution in [0.4, 0.5) is 5.69 Å². The molecule has 0 heterocycles. The lowest BCUT2D eigenvalue weighted by Crippen LogP contribution is -2.40. The van der Waals surface area contributed by atoms with Gasteiger partial charge in [-0.15, -0.1) is 0 Å². The van der Waals surface area contributed by atoms with Gasteiger partial charge in [0.15, 0.2) is 0 Å². The van der Waals surface area contributed by atoms with E-state index in [1.54, 1.807) is 31.4 Å². The van der Waals surface area contributed by atoms with Gasteiger partial charge in [-0.3, -0.25) is 9.59 Å². The van der Waals surface area contributed by atoms with Crippen LogP contribution in [0.3, 0.4) is 0 Å². The maximum atomic E-state index is 11.6. The van der Waals surface area contributed by atoms with Crippen LogP contribution in [0, 0.1) is 0 Å². The van der Waals surface area contributed by atoms with Crippen LogP contribution in [0.5, 0.6) is 5.75 Å². The molecule has 0 aliphatic rings. The maximum absolute atomic E-state index is 11.6. The second-order valence-corrected chi connectivity index (χ2v) is 3.97. The molecule has 2 amide bonds. The Morgan fingerprint density at radius 3 is 2.33 bits per heavy atom. The molecule has 1 rings (SSSR count). The fourth-order valence-electron chi connectivity index (χ4n) is 1.25. The SMILES string of the molecule is CC[C@H](C)NC(=O)C(=O)Nc1ccc(OC)cc1. The Morgan fingerprint density at radius 1 is 1.22 bits per heavy atom. The first-order valence-electron chi connectivity index (χ1n) is 5.82. The number of methoxy groups -OCH3 is 1. The minimum Gasteiger partial charge on any atom is -0.497 e. The molecular weight excluding hydrogens is 232 g/mol. The van der Waals surface area contributed by atoms with Crippen LogP contribution in [-0.4, -0.2) is 25.0 Å². The zero-order chi connectivity index (χ0) is 13.5. The number of hydrogen-bond acceptors (Lipinski definition) is 3. The van der Waals surface area contributed by atoms with Gasteiger partial charge < -0.3 is 15.4 Å². The molecule has 1 aromatic carbocycles. The molecule has 0 saturated heterocycles. The van der Waals surface area contributed by atoms with Crippen molar-refractivity contribution in [2.45, 2.75) is 26.3 Å². The zero-order valence-corrected chi connectivity index (χ0v) is 10.8. The van der Waals surface area contributed by atoms with Crippen LogP contribution in [0.2, 0.25) is 0 Å². The summed E-state index contributed by atoms with van der Waals surface area (Å²) in [6, 6.07) is 6.75. The van der Waals surface area contributed by atoms with E-state index in [-0.39, 0.29) is 6.04 Å². The van der Waals surface area contributed by atoms with Gasteiger partial charge in [0.05, 0.1) is 7.11 Å². The van der Waals surface area contributed by atoms with E-state index in [2.05, 4.69) is 10.6 Å². The van der Waals surface area contributed by atoms with Crippen molar-refractivity contribution in [2.24, 2.45) is 0 Å². The normalized spacial score (nSPS) is 11.5. The van der Waals surface area contributed by atoms with E-state index in [4.69, 9.17) is 4.74 Å². The molecule has 0 aliphatic heterocycles. The lowest BCUT2D eigenvalue weighted by molar-refractivity contribution is -0.136. The number of benzene rings is 1. The molecular formula is C13H18N2O3. The number of carbonyl (C=O) groups is 2. The molecule has 0 radical (unpaired) electrons. The zero-order valence-electron chi connectivity index (χ0n) is 10.8. The first-order chi connectivity index (χ1) is 8.56. The minimum atomic E-state index is -0.666. The summed E-state index contributed by atoms with van der Waals surface area (Å²) >= 11 is 0. The van der Waals surface area contributed by atoms with Crippen molar-refractivity contribution in [3.05, 3.63) is 24.3 Å². The number of carbonyl (C=O) groups excluding carboxylic acids is 2. The minimum absolute atomic E-state index is 0.0147. The predicted octanol–water partition coefficient (Wildman–Crippen LogP) is 1.55. The fraction of sp³-hybridized carbons (Fsp3) is 0.385. The summed E-state index contributed by atoms with van der Waals surface area (Å²) in [7, 11) is 1.56. The van der Waals surface area contributed by atoms with E-state index in [9.17, 15) is 9.59 Å². The smallest absolute Gasteiger partial charge is 0.313 e. The van der Waals surface area contributed by atoms with E-state index in [1.807, 2.05) is 13.8 Å². The van der Waals surface area contributed by atoms with Crippen LogP contribution >= 0.6 is 0 Å². The van der Waals surface area contributed by atoms with Gasteiger partial charge >= 0.3 is 11.8 Å². The summed E-state index contributed by atoms with van der Waals surface area (Å²) in [6.07, 6.45) is 0.779. The van der Waals surface area contributed by atoms with Gasteiger partial charge in [-0.25, -0.2) is 0 Å². The molecule has 5 nitrogen and oxygen atoms in total. The number of nitrogens with one attached hydrogen (secondary N) is 2. The van der Waals surface area contributed by atoms with Crippen LogP contribution in [0.25, 0.3) is 0 Å². The number of ether oxygens (including phenoxy) is 1. The van der Waals surface area contributed by atoms with Gasteiger partial charge in [-0.1, -0.05) is 6.92 Å². The Kier molecular flexibility index (Phi) is 5.17. The van der Waals surface area contributed by atoms with Crippen LogP contribution in [0.1, 0.15) is 20.3 Å². The van der Waals surface area contributed by atoms with E-state index in [0.29, 0.717) is 11.4 Å². The lowest BCUT2D eigenvalue weighted by Gasteiger charge is -2.11. The molecule has 0 bridgehead atoms. The van der Waals surface area contributed by atoms with Gasteiger partial charge in [-0.2, -0.15) is 0 Å². The number of anilines is 1. The highest BCUT2D eigenvalue weighted by Gasteiger charge is 2.15. The van der Waals surface area contributed by atoms with Crippen molar-refractivity contribution in [3.8, 4) is 5.75 Å². The van der Waals surface area contributed by atoms with Crippen molar-refractivity contribution in [1.29, 1.82) is 0 Å². The predicted molar refractivity (Wildman–Crippen MR) is 69.5 cm³/mol. The van der Waals surface area contributed by atoms with Crippen molar-refractivity contribution in [1.82, 2.24) is 5.32 Å². The third-order valence-electron chi connectivity index (χ3n) is 2.54. The highest BCUT2D eigenvalue weighted by atomic mass is 16.5. The molecule has 98 valence electrons. The molecule has 2 N–H and O–H groups in total. The summed E-state index contributed by atoms with van der Waals surface area (Å²) < 4.78 is 5.00. The van der Waals surface area contributed by atoms with Crippen LogP contribution in [0.15, 0.2) is 24.3 Å². The Morgan fingerprint density at radius 2 is 1.83 bits per heavy atom. The molecule has 0 fully saturated rings. The molecule has 1 atom stereocenters. The lowest BCUT2D eigenvalue weighted by atomic mass is 10.2. The topological polar surface area (TPSA) is 67.4 Å². The highest BCUT2D eigenvalue weighted by molar-refractivity contribution is 6.39. The van der Waals surface area contributed by atoms with E-state index in [0.717, 1.165) is 6.42 Å². The first kappa shape index (κ1) is 14.0. The van der Waals surface area contributed by atoms with E-state index >= 15 is 0 Å². The number of rotatable bonds is 4. The molecule has 0 spiro atoms. The average Bonchev–Trinajstić information content (AvgIpc) is 2.39. The maximum Gasteiger partial charge on any atom is 0.313 e. The second kappa shape index (κ2) is 6.64. The average molecular weight is 250 g/mol. The van der Waals surface area contributed by atoms with Crippen molar-refractivity contribution in [2.75, 3.05) is 12.4 Å². The van der Waals surface area contributed by atoms with Crippen molar-refractivity contribution in [3.63, 3.8) is 0 Å². The van der Waals surface area contributed by atoms with E-state index in [1.165, 1.54) is 0 Å². The molecule has 0 saturated carbocycles. The summed E-state index contributed by atoms with van der Waals surface area (Å²) in [5.74, 6) is -0.599. The molecule has 0 aromatic heterocycles. The molecule has 1 aromatic rings. The highest BCUT2D eigenvalue weighted by Crippen LogP contribution is 2.14.